The van der Waals surface area contributed by atoms with Crippen molar-refractivity contribution in [1.82, 2.24) is 10.3 Å². The van der Waals surface area contributed by atoms with Gasteiger partial charge in [0.15, 0.2) is 0 Å². The Kier molecular flexibility index (Phi) is 7.93. The Bertz CT molecular complexity index is 510. The molecule has 24 heavy (non-hydrogen) atoms. The number of amides is 1. The van der Waals surface area contributed by atoms with E-state index in [-0.39, 0.29) is 15.9 Å². The van der Waals surface area contributed by atoms with Crippen molar-refractivity contribution in [2.45, 2.75) is 65.2 Å². The average Bonchev–Trinajstić information content (AvgIpc) is 2.85. The van der Waals surface area contributed by atoms with Crippen molar-refractivity contribution >= 4 is 33.4 Å². The van der Waals surface area contributed by atoms with Gasteiger partial charge in [-0.15, -0.1) is 10.5 Å². The van der Waals surface area contributed by atoms with Crippen LogP contribution in [0.4, 0.5) is 4.79 Å². The predicted molar refractivity (Wildman–Crippen MR) is 102 cm³/mol. The molecule has 1 amide bonds. The molecule has 1 heterocycles. The molecule has 0 spiro atoms. The van der Waals surface area contributed by atoms with Crippen LogP contribution in [0.1, 0.15) is 53.9 Å². The van der Waals surface area contributed by atoms with E-state index in [0.29, 0.717) is 18.3 Å². The standard InChI is InChI=1S/C17H31N3O3S/c1-13(2)24-12-18-20(6)15(24)9-7-8-14(10-21)19-16(22)23-11-17(3,4)5/h10,12-14H,7-9,11H2,1-6H3,(H,19,22). The molecule has 0 aromatic rings. The largest absolute Gasteiger partial charge is 0.449 e. The van der Waals surface area contributed by atoms with Crippen molar-refractivity contribution in [3.8, 4) is 0 Å². The highest BCUT2D eigenvalue weighted by molar-refractivity contribution is 8.27. The summed E-state index contributed by atoms with van der Waals surface area (Å²) in [6.45, 7) is 10.7. The number of nitrogens with one attached hydrogen (secondary N) is 1. The average molecular weight is 358 g/mol. The van der Waals surface area contributed by atoms with Crippen LogP contribution < -0.4 is 5.32 Å². The van der Waals surface area contributed by atoms with E-state index >= 15 is 0 Å². The van der Waals surface area contributed by atoms with Crippen molar-refractivity contribution in [2.75, 3.05) is 13.7 Å². The summed E-state index contributed by atoms with van der Waals surface area (Å²) in [5.41, 5.74) is 1.92. The highest BCUT2D eigenvalue weighted by Gasteiger charge is 2.19. The quantitative estimate of drug-likeness (QED) is 0.535. The van der Waals surface area contributed by atoms with Crippen LogP contribution >= 0.6 is 10.5 Å². The highest BCUT2D eigenvalue weighted by Crippen LogP contribution is 2.27. The summed E-state index contributed by atoms with van der Waals surface area (Å²) in [5.74, 6) is 0. The molecule has 0 bridgehead atoms. The van der Waals surface area contributed by atoms with E-state index < -0.39 is 12.1 Å². The number of nitrogens with zero attached hydrogens (tertiary/aromatic N) is 2. The van der Waals surface area contributed by atoms with Crippen LogP contribution in [0.15, 0.2) is 5.10 Å². The zero-order chi connectivity index (χ0) is 18.3. The van der Waals surface area contributed by atoms with Gasteiger partial charge >= 0.3 is 6.09 Å². The third-order valence-electron chi connectivity index (χ3n) is 3.48. The minimum absolute atomic E-state index is 0.0632. The molecular weight excluding hydrogens is 326 g/mol. The first-order valence-corrected chi connectivity index (χ1v) is 9.73. The molecule has 0 saturated carbocycles. The number of carbonyl (C=O) groups is 2. The molecule has 1 aliphatic rings. The molecule has 2 atom stereocenters. The maximum Gasteiger partial charge on any atom is 0.407 e. The summed E-state index contributed by atoms with van der Waals surface area (Å²) >= 11 is 0. The fourth-order valence-corrected chi connectivity index (χ4v) is 4.08. The maximum atomic E-state index is 11.7. The van der Waals surface area contributed by atoms with Gasteiger partial charge in [-0.2, -0.15) is 5.10 Å². The first-order chi connectivity index (χ1) is 11.1. The second-order valence-electron chi connectivity index (χ2n) is 7.47. The smallest absolute Gasteiger partial charge is 0.407 e. The van der Waals surface area contributed by atoms with E-state index in [1.807, 2.05) is 38.4 Å². The number of hydrogen-bond acceptors (Lipinski definition) is 5. The Labute approximate surface area is 147 Å². The van der Waals surface area contributed by atoms with Crippen LogP contribution in [0, 0.1) is 5.41 Å². The first kappa shape index (κ1) is 20.7. The van der Waals surface area contributed by atoms with E-state index in [1.165, 1.54) is 4.99 Å². The molecule has 6 nitrogen and oxygen atoms in total. The summed E-state index contributed by atoms with van der Waals surface area (Å²) < 4.78 is 5.14. The second kappa shape index (κ2) is 9.20. The summed E-state index contributed by atoms with van der Waals surface area (Å²) in [6, 6.07) is -0.508. The van der Waals surface area contributed by atoms with Gasteiger partial charge in [0.2, 0.25) is 0 Å². The SMILES string of the molecule is CC(C)S1=C(CCCC(C=O)NC(=O)OCC(C)(C)C)N(C)N=C1. The number of carbonyl (C=O) groups excluding carboxylic acids is 2. The van der Waals surface area contributed by atoms with Crippen LogP contribution in [0.2, 0.25) is 0 Å². The van der Waals surface area contributed by atoms with Crippen LogP contribution in [-0.4, -0.2) is 52.9 Å². The number of rotatable bonds is 8. The van der Waals surface area contributed by atoms with E-state index in [2.05, 4.69) is 24.3 Å². The third kappa shape index (κ3) is 7.03. The maximum absolute atomic E-state index is 11.7. The Morgan fingerprint density at radius 2 is 2.12 bits per heavy atom. The van der Waals surface area contributed by atoms with E-state index in [0.717, 1.165) is 19.1 Å². The number of hydrazone groups is 1. The lowest BCUT2D eigenvalue weighted by atomic mass is 9.99. The van der Waals surface area contributed by atoms with E-state index in [1.54, 1.807) is 0 Å². The van der Waals surface area contributed by atoms with Crippen molar-refractivity contribution in [1.29, 1.82) is 0 Å². The molecule has 0 aromatic heterocycles. The Hall–Kier alpha value is -1.37. The summed E-state index contributed by atoms with van der Waals surface area (Å²) in [6.07, 6.45) is 2.54. The third-order valence-corrected chi connectivity index (χ3v) is 5.83. The van der Waals surface area contributed by atoms with Crippen LogP contribution in [0.5, 0.6) is 0 Å². The van der Waals surface area contributed by atoms with Gasteiger partial charge in [-0.05, 0) is 24.7 Å². The van der Waals surface area contributed by atoms with E-state index in [4.69, 9.17) is 4.74 Å². The number of aldehydes is 1. The van der Waals surface area contributed by atoms with Gasteiger partial charge in [0.1, 0.15) is 6.29 Å². The first-order valence-electron chi connectivity index (χ1n) is 8.38. The number of hydrogen-bond donors (Lipinski definition) is 1. The Morgan fingerprint density at radius 3 is 2.67 bits per heavy atom. The van der Waals surface area contributed by atoms with Crippen LogP contribution in [-0.2, 0) is 9.53 Å². The highest BCUT2D eigenvalue weighted by atomic mass is 32.2. The molecule has 1 rings (SSSR count). The monoisotopic (exact) mass is 357 g/mol. The lowest BCUT2D eigenvalue weighted by Gasteiger charge is -2.20. The van der Waals surface area contributed by atoms with Gasteiger partial charge in [0.25, 0.3) is 0 Å². The summed E-state index contributed by atoms with van der Waals surface area (Å²) in [4.78, 5) is 24.2. The fraction of sp³-hybridized carbons (Fsp3) is 0.765. The van der Waals surface area contributed by atoms with E-state index in [9.17, 15) is 9.59 Å². The normalized spacial score (nSPS) is 18.9. The Balaban J connectivity index is 2.43. The molecule has 0 saturated heterocycles. The minimum atomic E-state index is -0.530. The molecule has 0 fully saturated rings. The van der Waals surface area contributed by atoms with Crippen LogP contribution in [0.3, 0.4) is 0 Å². The van der Waals surface area contributed by atoms with Gasteiger partial charge in [-0.1, -0.05) is 34.6 Å². The molecule has 0 radical (unpaired) electrons. The van der Waals surface area contributed by atoms with Crippen molar-refractivity contribution in [3.05, 3.63) is 0 Å². The number of ether oxygens (including phenoxy) is 1. The summed E-state index contributed by atoms with van der Waals surface area (Å²) in [5, 5.41) is 9.45. The van der Waals surface area contributed by atoms with Crippen molar-refractivity contribution < 1.29 is 14.3 Å². The second-order valence-corrected chi connectivity index (χ2v) is 9.84. The van der Waals surface area contributed by atoms with Crippen molar-refractivity contribution in [3.63, 3.8) is 0 Å². The van der Waals surface area contributed by atoms with Gasteiger partial charge in [0, 0.05) is 12.3 Å². The van der Waals surface area contributed by atoms with Crippen LogP contribution in [0.25, 0.3) is 0 Å². The molecule has 0 aromatic carbocycles. The Morgan fingerprint density at radius 1 is 1.46 bits per heavy atom. The summed E-state index contributed by atoms with van der Waals surface area (Å²) in [7, 11) is 2.02. The molecule has 7 heteroatoms. The molecule has 1 N–H and O–H groups in total. The molecule has 2 unspecified atom stereocenters. The number of alkyl carbamates (subject to hydrolysis) is 1. The van der Waals surface area contributed by atoms with Gasteiger partial charge in [0.05, 0.1) is 23.2 Å². The van der Waals surface area contributed by atoms with Gasteiger partial charge < -0.3 is 14.8 Å². The lowest BCUT2D eigenvalue weighted by molar-refractivity contribution is -0.109. The van der Waals surface area contributed by atoms with Crippen molar-refractivity contribution in [2.24, 2.45) is 10.5 Å². The molecule has 0 aliphatic carbocycles. The molecular formula is C17H31N3O3S. The topological polar surface area (TPSA) is 71.0 Å². The predicted octanol–water partition coefficient (Wildman–Crippen LogP) is 3.19. The zero-order valence-corrected chi connectivity index (χ0v) is 16.5. The van der Waals surface area contributed by atoms with Gasteiger partial charge in [-0.3, -0.25) is 5.01 Å². The minimum Gasteiger partial charge on any atom is -0.449 e. The fourth-order valence-electron chi connectivity index (χ4n) is 2.20. The molecule has 138 valence electrons. The zero-order valence-electron chi connectivity index (χ0n) is 15.7. The van der Waals surface area contributed by atoms with Gasteiger partial charge in [-0.25, -0.2) is 4.79 Å². The lowest BCUT2D eigenvalue weighted by Crippen LogP contribution is -2.37. The molecule has 1 aliphatic heterocycles.